The third-order valence-electron chi connectivity index (χ3n) is 1.16. The second-order valence-corrected chi connectivity index (χ2v) is 3.51. The third-order valence-corrected chi connectivity index (χ3v) is 2.40. The summed E-state index contributed by atoms with van der Waals surface area (Å²) < 4.78 is 0. The van der Waals surface area contributed by atoms with Gasteiger partial charge in [-0.25, -0.2) is 0 Å². The van der Waals surface area contributed by atoms with Crippen molar-refractivity contribution in [2.75, 3.05) is 0 Å². The highest BCUT2D eigenvalue weighted by Gasteiger charge is 2.21. The molecule has 9 heavy (non-hydrogen) atoms. The molecular formula is C6H8O2S. The highest BCUT2D eigenvalue weighted by molar-refractivity contribution is 8.01. The second kappa shape index (κ2) is 2.43. The van der Waals surface area contributed by atoms with Gasteiger partial charge in [-0.05, 0) is 6.92 Å². The molecule has 0 saturated heterocycles. The Hall–Kier alpha value is -0.440. The fraction of sp³-hybridized carbons (Fsp3) is 0.500. The van der Waals surface area contributed by atoms with Gasteiger partial charge in [0.1, 0.15) is 5.25 Å². The maximum atomic E-state index is 10.3. The fourth-order valence-corrected chi connectivity index (χ4v) is 1.66. The molecule has 1 heterocycles. The Bertz CT molecular complexity index is 153. The van der Waals surface area contributed by atoms with Gasteiger partial charge in [-0.2, -0.15) is 0 Å². The Kier molecular flexibility index (Phi) is 1.81. The molecule has 0 bridgehead atoms. The lowest BCUT2D eigenvalue weighted by atomic mass is 10.3. The number of hydrogen-bond donors (Lipinski definition) is 1. The van der Waals surface area contributed by atoms with Gasteiger partial charge in [-0.15, -0.1) is 11.8 Å². The highest BCUT2D eigenvalue weighted by atomic mass is 32.2. The summed E-state index contributed by atoms with van der Waals surface area (Å²) in [5.41, 5.74) is 0. The van der Waals surface area contributed by atoms with E-state index in [-0.39, 0.29) is 5.25 Å². The molecule has 0 spiro atoms. The van der Waals surface area contributed by atoms with Crippen molar-refractivity contribution < 1.29 is 9.90 Å². The molecule has 0 radical (unpaired) electrons. The maximum absolute atomic E-state index is 10.3. The van der Waals surface area contributed by atoms with E-state index in [1.165, 1.54) is 11.8 Å². The van der Waals surface area contributed by atoms with Crippen molar-refractivity contribution in [3.8, 4) is 0 Å². The van der Waals surface area contributed by atoms with E-state index < -0.39 is 5.97 Å². The first-order valence-electron chi connectivity index (χ1n) is 2.77. The van der Waals surface area contributed by atoms with Gasteiger partial charge in [0.05, 0.1) is 0 Å². The quantitative estimate of drug-likeness (QED) is 0.560. The summed E-state index contributed by atoms with van der Waals surface area (Å²) >= 11 is 1.46. The summed E-state index contributed by atoms with van der Waals surface area (Å²) in [4.78, 5) is 10.3. The zero-order chi connectivity index (χ0) is 6.85. The SMILES string of the molecule is C[C@H]1C=C[C@H](C(=O)O)S1. The lowest BCUT2D eigenvalue weighted by molar-refractivity contribution is -0.135. The van der Waals surface area contributed by atoms with Crippen LogP contribution in [0.5, 0.6) is 0 Å². The normalized spacial score (nSPS) is 33.0. The van der Waals surface area contributed by atoms with Crippen molar-refractivity contribution in [1.29, 1.82) is 0 Å². The predicted molar refractivity (Wildman–Crippen MR) is 37.6 cm³/mol. The molecule has 3 heteroatoms. The molecule has 0 unspecified atom stereocenters. The Morgan fingerprint density at radius 2 is 2.33 bits per heavy atom. The van der Waals surface area contributed by atoms with E-state index in [0.29, 0.717) is 5.25 Å². The standard InChI is InChI=1S/C6H8O2S/c1-4-2-3-5(9-4)6(7)8/h2-5H,1H3,(H,7,8)/t4-,5+/m0/s1. The van der Waals surface area contributed by atoms with E-state index in [4.69, 9.17) is 5.11 Å². The van der Waals surface area contributed by atoms with Crippen LogP contribution >= 0.6 is 11.8 Å². The first-order chi connectivity index (χ1) is 4.20. The lowest BCUT2D eigenvalue weighted by Gasteiger charge is -2.00. The van der Waals surface area contributed by atoms with E-state index in [0.717, 1.165) is 0 Å². The Balaban J connectivity index is 2.50. The largest absolute Gasteiger partial charge is 0.480 e. The zero-order valence-corrected chi connectivity index (χ0v) is 5.89. The molecule has 0 aromatic carbocycles. The van der Waals surface area contributed by atoms with Gasteiger partial charge in [-0.1, -0.05) is 12.2 Å². The van der Waals surface area contributed by atoms with E-state index in [9.17, 15) is 4.79 Å². The van der Waals surface area contributed by atoms with Crippen LogP contribution < -0.4 is 0 Å². The molecule has 0 saturated carbocycles. The number of carboxylic acids is 1. The zero-order valence-electron chi connectivity index (χ0n) is 5.07. The van der Waals surface area contributed by atoms with Crippen LogP contribution in [0.4, 0.5) is 0 Å². The molecule has 1 aliphatic heterocycles. The van der Waals surface area contributed by atoms with Crippen LogP contribution in [0.3, 0.4) is 0 Å². The Morgan fingerprint density at radius 3 is 2.56 bits per heavy atom. The molecule has 0 aromatic rings. The average Bonchev–Trinajstić information content (AvgIpc) is 2.14. The lowest BCUT2D eigenvalue weighted by Crippen LogP contribution is -2.11. The van der Waals surface area contributed by atoms with E-state index in [2.05, 4.69) is 0 Å². The van der Waals surface area contributed by atoms with Gasteiger partial charge in [0.15, 0.2) is 0 Å². The van der Waals surface area contributed by atoms with E-state index >= 15 is 0 Å². The molecule has 0 fully saturated rings. The minimum atomic E-state index is -0.736. The fourth-order valence-electron chi connectivity index (χ4n) is 0.720. The van der Waals surface area contributed by atoms with Gasteiger partial charge in [0.2, 0.25) is 0 Å². The first kappa shape index (κ1) is 6.68. The topological polar surface area (TPSA) is 37.3 Å². The van der Waals surface area contributed by atoms with Crippen LogP contribution in [0.25, 0.3) is 0 Å². The number of rotatable bonds is 1. The van der Waals surface area contributed by atoms with E-state index in [1.54, 1.807) is 6.08 Å². The molecule has 1 N–H and O–H groups in total. The number of thioether (sulfide) groups is 1. The van der Waals surface area contributed by atoms with Crippen LogP contribution in [-0.4, -0.2) is 21.6 Å². The molecule has 1 aliphatic rings. The Labute approximate surface area is 57.9 Å². The number of hydrogen-bond acceptors (Lipinski definition) is 2. The summed E-state index contributed by atoms with van der Waals surface area (Å²) in [7, 11) is 0. The first-order valence-corrected chi connectivity index (χ1v) is 3.71. The van der Waals surface area contributed by atoms with Crippen LogP contribution in [0.15, 0.2) is 12.2 Å². The minimum absolute atomic E-state index is 0.306. The minimum Gasteiger partial charge on any atom is -0.480 e. The molecular weight excluding hydrogens is 136 g/mol. The van der Waals surface area contributed by atoms with Crippen LogP contribution in [-0.2, 0) is 4.79 Å². The van der Waals surface area contributed by atoms with Crippen molar-refractivity contribution in [1.82, 2.24) is 0 Å². The summed E-state index contributed by atoms with van der Waals surface area (Å²) in [6.45, 7) is 1.99. The van der Waals surface area contributed by atoms with Crippen molar-refractivity contribution in [2.24, 2.45) is 0 Å². The number of aliphatic carboxylic acids is 1. The van der Waals surface area contributed by atoms with Crippen LogP contribution in [0.2, 0.25) is 0 Å². The van der Waals surface area contributed by atoms with Crippen LogP contribution in [0, 0.1) is 0 Å². The molecule has 1 rings (SSSR count). The van der Waals surface area contributed by atoms with Gasteiger partial charge < -0.3 is 5.11 Å². The van der Waals surface area contributed by atoms with Crippen molar-refractivity contribution >= 4 is 17.7 Å². The molecule has 0 aliphatic carbocycles. The molecule has 0 aromatic heterocycles. The molecule has 2 nitrogen and oxygen atoms in total. The Morgan fingerprint density at radius 1 is 1.67 bits per heavy atom. The summed E-state index contributed by atoms with van der Waals surface area (Å²) in [6.07, 6.45) is 3.65. The summed E-state index contributed by atoms with van der Waals surface area (Å²) in [5, 5.41) is 8.52. The van der Waals surface area contributed by atoms with Gasteiger partial charge in [0.25, 0.3) is 0 Å². The number of carbonyl (C=O) groups is 1. The summed E-state index contributed by atoms with van der Waals surface area (Å²) in [5.74, 6) is -0.736. The van der Waals surface area contributed by atoms with Crippen molar-refractivity contribution in [3.05, 3.63) is 12.2 Å². The summed E-state index contributed by atoms with van der Waals surface area (Å²) in [6, 6.07) is 0. The van der Waals surface area contributed by atoms with Crippen molar-refractivity contribution in [3.63, 3.8) is 0 Å². The molecule has 0 amide bonds. The van der Waals surface area contributed by atoms with Crippen molar-refractivity contribution in [2.45, 2.75) is 17.4 Å². The maximum Gasteiger partial charge on any atom is 0.320 e. The highest BCUT2D eigenvalue weighted by Crippen LogP contribution is 2.26. The van der Waals surface area contributed by atoms with Gasteiger partial charge in [0, 0.05) is 5.25 Å². The monoisotopic (exact) mass is 144 g/mol. The van der Waals surface area contributed by atoms with Gasteiger partial charge >= 0.3 is 5.97 Å². The van der Waals surface area contributed by atoms with E-state index in [1.807, 2.05) is 13.0 Å². The predicted octanol–water partition coefficient (Wildman–Crippen LogP) is 1.13. The smallest absolute Gasteiger partial charge is 0.320 e. The average molecular weight is 144 g/mol. The molecule has 50 valence electrons. The number of carboxylic acid groups (broad SMARTS) is 1. The third kappa shape index (κ3) is 1.48. The molecule has 2 atom stereocenters. The second-order valence-electron chi connectivity index (χ2n) is 1.98. The van der Waals surface area contributed by atoms with Gasteiger partial charge in [-0.3, -0.25) is 4.79 Å². The van der Waals surface area contributed by atoms with Crippen LogP contribution in [0.1, 0.15) is 6.92 Å².